The van der Waals surface area contributed by atoms with Crippen LogP contribution in [-0.2, 0) is 0 Å². The average Bonchev–Trinajstić information content (AvgIpc) is 2.19. The Bertz CT molecular complexity index is 373. The summed E-state index contributed by atoms with van der Waals surface area (Å²) < 4.78 is 0. The maximum atomic E-state index is 9.56. The van der Waals surface area contributed by atoms with Crippen LogP contribution in [0.5, 0.6) is 0 Å². The summed E-state index contributed by atoms with van der Waals surface area (Å²) in [6, 6.07) is 6.53. The average molecular weight is 212 g/mol. The molecule has 0 saturated heterocycles. The molecule has 0 aliphatic heterocycles. The molecule has 0 bridgehead atoms. The molecule has 2 N–H and O–H groups in total. The first kappa shape index (κ1) is 11.0. The Morgan fingerprint density at radius 2 is 2.07 bits per heavy atom. The van der Waals surface area contributed by atoms with Crippen LogP contribution in [0.2, 0.25) is 5.02 Å². The first-order chi connectivity index (χ1) is 6.56. The Morgan fingerprint density at radius 3 is 2.64 bits per heavy atom. The molecule has 0 amide bonds. The van der Waals surface area contributed by atoms with Crippen molar-refractivity contribution in [3.8, 4) is 6.07 Å². The third kappa shape index (κ3) is 2.24. The first-order valence-electron chi connectivity index (χ1n) is 4.08. The van der Waals surface area contributed by atoms with Gasteiger partial charge in [0.05, 0.1) is 6.07 Å². The zero-order valence-electron chi connectivity index (χ0n) is 7.61. The zero-order valence-corrected chi connectivity index (χ0v) is 8.36. The summed E-state index contributed by atoms with van der Waals surface area (Å²) in [6.07, 6.45) is -2.63. The van der Waals surface area contributed by atoms with Crippen molar-refractivity contribution in [3.63, 3.8) is 0 Å². The van der Waals surface area contributed by atoms with Crippen molar-refractivity contribution < 1.29 is 10.2 Å². The van der Waals surface area contributed by atoms with Gasteiger partial charge in [0, 0.05) is 5.02 Å². The number of hydrogen-bond donors (Lipinski definition) is 2. The van der Waals surface area contributed by atoms with E-state index in [4.69, 9.17) is 22.0 Å². The summed E-state index contributed by atoms with van der Waals surface area (Å²) >= 11 is 5.73. The van der Waals surface area contributed by atoms with Crippen molar-refractivity contribution in [3.05, 3.63) is 34.3 Å². The van der Waals surface area contributed by atoms with Crippen LogP contribution in [0.25, 0.3) is 0 Å². The van der Waals surface area contributed by atoms with Crippen LogP contribution in [0.1, 0.15) is 17.2 Å². The number of aliphatic hydroxyl groups excluding tert-OH is 2. The van der Waals surface area contributed by atoms with E-state index in [9.17, 15) is 5.11 Å². The van der Waals surface area contributed by atoms with Crippen molar-refractivity contribution in [1.82, 2.24) is 0 Å². The summed E-state index contributed by atoms with van der Waals surface area (Å²) in [5, 5.41) is 27.6. The third-order valence-electron chi connectivity index (χ3n) is 1.99. The molecular weight excluding hydrogens is 202 g/mol. The molecule has 0 fully saturated rings. The number of benzene rings is 1. The minimum atomic E-state index is -1.42. The number of nitriles is 1. The lowest BCUT2D eigenvalue weighted by atomic mass is 10.0. The minimum Gasteiger partial charge on any atom is -0.385 e. The molecule has 1 aromatic carbocycles. The van der Waals surface area contributed by atoms with Crippen molar-refractivity contribution in [2.24, 2.45) is 0 Å². The molecule has 0 heterocycles. The molecule has 0 saturated carbocycles. The molecule has 14 heavy (non-hydrogen) atoms. The molecule has 0 radical (unpaired) electrons. The zero-order chi connectivity index (χ0) is 10.7. The van der Waals surface area contributed by atoms with E-state index in [0.717, 1.165) is 5.56 Å². The lowest BCUT2D eigenvalue weighted by Crippen LogP contribution is -2.16. The smallest absolute Gasteiger partial charge is 0.170 e. The molecule has 1 aromatic rings. The van der Waals surface area contributed by atoms with E-state index in [1.54, 1.807) is 31.2 Å². The van der Waals surface area contributed by atoms with Gasteiger partial charge in [-0.3, -0.25) is 0 Å². The predicted octanol–water partition coefficient (Wildman–Crippen LogP) is 1.57. The molecule has 74 valence electrons. The van der Waals surface area contributed by atoms with Gasteiger partial charge in [0.25, 0.3) is 0 Å². The lowest BCUT2D eigenvalue weighted by Gasteiger charge is -2.14. The van der Waals surface area contributed by atoms with Gasteiger partial charge in [-0.25, -0.2) is 0 Å². The molecule has 0 aliphatic rings. The van der Waals surface area contributed by atoms with Gasteiger partial charge in [0.1, 0.15) is 6.10 Å². The van der Waals surface area contributed by atoms with Gasteiger partial charge in [-0.2, -0.15) is 5.26 Å². The van der Waals surface area contributed by atoms with Crippen LogP contribution in [-0.4, -0.2) is 16.3 Å². The molecule has 0 aromatic heterocycles. The second-order valence-corrected chi connectivity index (χ2v) is 3.46. The SMILES string of the molecule is Cc1ccc(Cl)cc1C(O)C(O)C#N. The quantitative estimate of drug-likeness (QED) is 0.730. The van der Waals surface area contributed by atoms with Gasteiger partial charge in [-0.05, 0) is 30.2 Å². The normalized spacial score (nSPS) is 14.5. The Balaban J connectivity index is 3.07. The van der Waals surface area contributed by atoms with Gasteiger partial charge in [-0.1, -0.05) is 17.7 Å². The Hall–Kier alpha value is -1.08. The first-order valence-corrected chi connectivity index (χ1v) is 4.46. The lowest BCUT2D eigenvalue weighted by molar-refractivity contribution is 0.0524. The molecule has 1 rings (SSSR count). The molecule has 2 atom stereocenters. The monoisotopic (exact) mass is 211 g/mol. The number of hydrogen-bond acceptors (Lipinski definition) is 3. The standard InChI is InChI=1S/C10H10ClNO2/c1-6-2-3-7(11)4-8(6)10(14)9(13)5-12/h2-4,9-10,13-14H,1H3. The maximum absolute atomic E-state index is 9.56. The highest BCUT2D eigenvalue weighted by Crippen LogP contribution is 2.23. The summed E-state index contributed by atoms with van der Waals surface area (Å²) in [5.41, 5.74) is 1.27. The molecule has 0 aliphatic carbocycles. The van der Waals surface area contributed by atoms with Crippen LogP contribution in [0, 0.1) is 18.3 Å². The van der Waals surface area contributed by atoms with Crippen molar-refractivity contribution in [2.75, 3.05) is 0 Å². The highest BCUT2D eigenvalue weighted by Gasteiger charge is 2.19. The summed E-state index contributed by atoms with van der Waals surface area (Å²) in [7, 11) is 0. The summed E-state index contributed by atoms with van der Waals surface area (Å²) in [5.74, 6) is 0. The Morgan fingerprint density at radius 1 is 1.43 bits per heavy atom. The molecular formula is C10H10ClNO2. The van der Waals surface area contributed by atoms with Crippen LogP contribution in [0.4, 0.5) is 0 Å². The van der Waals surface area contributed by atoms with Crippen molar-refractivity contribution in [2.45, 2.75) is 19.1 Å². The van der Waals surface area contributed by atoms with Gasteiger partial charge in [0.2, 0.25) is 0 Å². The fourth-order valence-corrected chi connectivity index (χ4v) is 1.35. The second kappa shape index (κ2) is 4.43. The van der Waals surface area contributed by atoms with E-state index in [1.165, 1.54) is 0 Å². The number of halogens is 1. The van der Waals surface area contributed by atoms with Gasteiger partial charge in [-0.15, -0.1) is 0 Å². The van der Waals surface area contributed by atoms with E-state index in [0.29, 0.717) is 10.6 Å². The van der Waals surface area contributed by atoms with Crippen LogP contribution in [0.3, 0.4) is 0 Å². The number of rotatable bonds is 2. The second-order valence-electron chi connectivity index (χ2n) is 3.02. The number of aliphatic hydroxyl groups is 2. The fraction of sp³-hybridized carbons (Fsp3) is 0.300. The van der Waals surface area contributed by atoms with E-state index in [1.807, 2.05) is 0 Å². The highest BCUT2D eigenvalue weighted by atomic mass is 35.5. The number of aryl methyl sites for hydroxylation is 1. The Labute approximate surface area is 87.2 Å². The molecule has 0 spiro atoms. The van der Waals surface area contributed by atoms with Gasteiger partial charge >= 0.3 is 0 Å². The molecule has 2 unspecified atom stereocenters. The largest absolute Gasteiger partial charge is 0.385 e. The highest BCUT2D eigenvalue weighted by molar-refractivity contribution is 6.30. The van der Waals surface area contributed by atoms with Crippen LogP contribution in [0.15, 0.2) is 18.2 Å². The maximum Gasteiger partial charge on any atom is 0.170 e. The van der Waals surface area contributed by atoms with E-state index >= 15 is 0 Å². The topological polar surface area (TPSA) is 64.2 Å². The minimum absolute atomic E-state index is 0.467. The Kier molecular flexibility index (Phi) is 3.48. The van der Waals surface area contributed by atoms with Crippen LogP contribution < -0.4 is 0 Å². The van der Waals surface area contributed by atoms with E-state index in [2.05, 4.69) is 0 Å². The van der Waals surface area contributed by atoms with Crippen LogP contribution >= 0.6 is 11.6 Å². The van der Waals surface area contributed by atoms with Gasteiger partial charge in [0.15, 0.2) is 6.10 Å². The molecule has 3 nitrogen and oxygen atoms in total. The van der Waals surface area contributed by atoms with Gasteiger partial charge < -0.3 is 10.2 Å². The van der Waals surface area contributed by atoms with Crippen molar-refractivity contribution in [1.29, 1.82) is 5.26 Å². The van der Waals surface area contributed by atoms with E-state index in [-0.39, 0.29) is 0 Å². The van der Waals surface area contributed by atoms with E-state index < -0.39 is 12.2 Å². The third-order valence-corrected chi connectivity index (χ3v) is 2.23. The summed E-state index contributed by atoms with van der Waals surface area (Å²) in [4.78, 5) is 0. The fourth-order valence-electron chi connectivity index (χ4n) is 1.17. The predicted molar refractivity (Wildman–Crippen MR) is 52.8 cm³/mol. The van der Waals surface area contributed by atoms with Crippen molar-refractivity contribution >= 4 is 11.6 Å². The molecule has 4 heteroatoms. The number of nitrogens with zero attached hydrogens (tertiary/aromatic N) is 1. The summed E-state index contributed by atoms with van der Waals surface area (Å²) in [6.45, 7) is 1.78.